The van der Waals surface area contributed by atoms with Gasteiger partial charge in [0, 0.05) is 12.1 Å². The number of hydrogen-bond donors (Lipinski definition) is 1. The van der Waals surface area contributed by atoms with Crippen LogP contribution in [0.5, 0.6) is 0 Å². The van der Waals surface area contributed by atoms with Crippen LogP contribution in [0.15, 0.2) is 40.5 Å². The third-order valence-corrected chi connectivity index (χ3v) is 3.50. The highest BCUT2D eigenvalue weighted by Crippen LogP contribution is 2.34. The predicted molar refractivity (Wildman–Crippen MR) is 73.3 cm³/mol. The van der Waals surface area contributed by atoms with E-state index in [2.05, 4.69) is 17.2 Å². The van der Waals surface area contributed by atoms with Gasteiger partial charge in [0.25, 0.3) is 0 Å². The Kier molecular flexibility index (Phi) is 2.54. The molecule has 0 radical (unpaired) electrons. The van der Waals surface area contributed by atoms with Crippen molar-refractivity contribution < 1.29 is 4.79 Å². The van der Waals surface area contributed by atoms with Crippen molar-refractivity contribution in [1.29, 1.82) is 0 Å². The average molecular weight is 240 g/mol. The number of hydrogen-bond acceptors (Lipinski definition) is 3. The van der Waals surface area contributed by atoms with Crippen molar-refractivity contribution in [3.63, 3.8) is 0 Å². The number of Topliss-reactive ketones (excluding diaryl/α,β-unsaturated/α-hetero) is 1. The molecule has 1 aliphatic carbocycles. The quantitative estimate of drug-likeness (QED) is 0.754. The minimum Gasteiger partial charge on any atom is -0.357 e. The number of anilines is 1. The van der Waals surface area contributed by atoms with Crippen molar-refractivity contribution in [3.8, 4) is 0 Å². The number of rotatable bonds is 0. The van der Waals surface area contributed by atoms with Gasteiger partial charge in [-0.25, -0.2) is 0 Å². The molecule has 1 saturated carbocycles. The summed E-state index contributed by atoms with van der Waals surface area (Å²) in [5.41, 5.74) is 4.56. The van der Waals surface area contributed by atoms with Crippen LogP contribution in [0.1, 0.15) is 26.7 Å². The fourth-order valence-electron chi connectivity index (χ4n) is 2.70. The summed E-state index contributed by atoms with van der Waals surface area (Å²) in [6.45, 7) is 4.07. The second kappa shape index (κ2) is 4.09. The lowest BCUT2D eigenvalue weighted by atomic mass is 9.83. The van der Waals surface area contributed by atoms with Gasteiger partial charge in [0.05, 0.1) is 22.7 Å². The Labute approximate surface area is 107 Å². The zero-order chi connectivity index (χ0) is 12.7. The third kappa shape index (κ3) is 1.76. The molecule has 92 valence electrons. The molecule has 2 aliphatic rings. The molecule has 1 N–H and O–H groups in total. The van der Waals surface area contributed by atoms with Crippen LogP contribution in [0, 0.1) is 5.92 Å². The third-order valence-electron chi connectivity index (χ3n) is 3.50. The van der Waals surface area contributed by atoms with Gasteiger partial charge >= 0.3 is 0 Å². The SMILES string of the molecule is CC1=C2C(=O)C[C@H](C)CC2=Nc2ccccc2N1. The fourth-order valence-corrected chi connectivity index (χ4v) is 2.70. The van der Waals surface area contributed by atoms with Crippen molar-refractivity contribution in [2.75, 3.05) is 5.32 Å². The highest BCUT2D eigenvalue weighted by molar-refractivity contribution is 6.25. The Morgan fingerprint density at radius 1 is 1.28 bits per heavy atom. The largest absolute Gasteiger partial charge is 0.357 e. The molecule has 18 heavy (non-hydrogen) atoms. The Hall–Kier alpha value is -1.90. The van der Waals surface area contributed by atoms with Crippen molar-refractivity contribution in [3.05, 3.63) is 35.5 Å². The van der Waals surface area contributed by atoms with Crippen LogP contribution in [0.4, 0.5) is 11.4 Å². The van der Waals surface area contributed by atoms with E-state index in [1.807, 2.05) is 31.2 Å². The molecule has 1 aromatic rings. The van der Waals surface area contributed by atoms with Crippen molar-refractivity contribution in [2.24, 2.45) is 10.9 Å². The van der Waals surface area contributed by atoms with Gasteiger partial charge in [0.1, 0.15) is 0 Å². The van der Waals surface area contributed by atoms with Gasteiger partial charge in [-0.3, -0.25) is 9.79 Å². The zero-order valence-electron chi connectivity index (χ0n) is 10.7. The maximum atomic E-state index is 12.2. The number of ketones is 1. The second-order valence-electron chi connectivity index (χ2n) is 5.14. The first kappa shape index (κ1) is 11.2. The summed E-state index contributed by atoms with van der Waals surface area (Å²) in [5.74, 6) is 0.600. The first-order valence-electron chi connectivity index (χ1n) is 6.33. The number of nitrogens with one attached hydrogen (secondary N) is 1. The number of para-hydroxylation sites is 2. The van der Waals surface area contributed by atoms with Gasteiger partial charge in [0.15, 0.2) is 5.78 Å². The first-order chi connectivity index (χ1) is 8.65. The molecule has 0 spiro atoms. The number of allylic oxidation sites excluding steroid dienone is 2. The Balaban J connectivity index is 2.17. The maximum Gasteiger partial charge on any atom is 0.166 e. The van der Waals surface area contributed by atoms with E-state index in [1.165, 1.54) is 0 Å². The summed E-state index contributed by atoms with van der Waals surface area (Å²) in [6.07, 6.45) is 1.51. The van der Waals surface area contributed by atoms with Crippen molar-refractivity contribution in [1.82, 2.24) is 0 Å². The normalized spacial score (nSPS) is 22.7. The van der Waals surface area contributed by atoms with E-state index in [0.29, 0.717) is 12.3 Å². The molecule has 1 atom stereocenters. The van der Waals surface area contributed by atoms with Crippen LogP contribution in [0.25, 0.3) is 0 Å². The number of benzene rings is 1. The van der Waals surface area contributed by atoms with Crippen LogP contribution in [0.3, 0.4) is 0 Å². The minimum atomic E-state index is 0.213. The molecule has 3 heteroatoms. The average Bonchev–Trinajstić information content (AvgIpc) is 2.43. The van der Waals surface area contributed by atoms with E-state index in [1.54, 1.807) is 0 Å². The molecule has 3 nitrogen and oxygen atoms in total. The Morgan fingerprint density at radius 3 is 2.89 bits per heavy atom. The first-order valence-corrected chi connectivity index (χ1v) is 6.33. The molecule has 1 aromatic carbocycles. The maximum absolute atomic E-state index is 12.2. The lowest BCUT2D eigenvalue weighted by molar-refractivity contribution is -0.116. The minimum absolute atomic E-state index is 0.213. The van der Waals surface area contributed by atoms with Gasteiger partial charge < -0.3 is 5.32 Å². The molecule has 3 rings (SSSR count). The van der Waals surface area contributed by atoms with E-state index in [0.717, 1.165) is 34.8 Å². The molecular weight excluding hydrogens is 224 g/mol. The lowest BCUT2D eigenvalue weighted by Gasteiger charge is -2.22. The van der Waals surface area contributed by atoms with Gasteiger partial charge in [-0.2, -0.15) is 0 Å². The second-order valence-corrected chi connectivity index (χ2v) is 5.14. The molecule has 0 aromatic heterocycles. The van der Waals surface area contributed by atoms with E-state index in [4.69, 9.17) is 0 Å². The molecule has 0 amide bonds. The highest BCUT2D eigenvalue weighted by atomic mass is 16.1. The van der Waals surface area contributed by atoms with E-state index in [-0.39, 0.29) is 5.78 Å². The summed E-state index contributed by atoms with van der Waals surface area (Å²) in [4.78, 5) is 16.9. The number of carbonyl (C=O) groups is 1. The van der Waals surface area contributed by atoms with Crippen LogP contribution < -0.4 is 5.32 Å². The van der Waals surface area contributed by atoms with Crippen LogP contribution in [-0.2, 0) is 4.79 Å². The molecular formula is C15H16N2O. The van der Waals surface area contributed by atoms with Gasteiger partial charge in [-0.15, -0.1) is 0 Å². The standard InChI is InChI=1S/C15H16N2O/c1-9-7-13-15(14(18)8-9)10(2)16-11-5-3-4-6-12(11)17-13/h3-6,9,16H,7-8H2,1-2H3/t9-/m1/s1. The molecule has 0 saturated heterocycles. The number of aliphatic imine (C=N–C) groups is 1. The summed E-state index contributed by atoms with van der Waals surface area (Å²) < 4.78 is 0. The number of fused-ring (bicyclic) bond motifs is 2. The lowest BCUT2D eigenvalue weighted by Crippen LogP contribution is -2.26. The molecule has 1 heterocycles. The summed E-state index contributed by atoms with van der Waals surface area (Å²) in [5, 5.41) is 3.31. The predicted octanol–water partition coefficient (Wildman–Crippen LogP) is 3.46. The summed E-state index contributed by atoms with van der Waals surface area (Å²) in [6, 6.07) is 7.92. The van der Waals surface area contributed by atoms with Crippen molar-refractivity contribution in [2.45, 2.75) is 26.7 Å². The van der Waals surface area contributed by atoms with Gasteiger partial charge in [-0.05, 0) is 31.4 Å². The topological polar surface area (TPSA) is 41.5 Å². The highest BCUT2D eigenvalue weighted by Gasteiger charge is 2.29. The van der Waals surface area contributed by atoms with Gasteiger partial charge in [0.2, 0.25) is 0 Å². The summed E-state index contributed by atoms with van der Waals surface area (Å²) >= 11 is 0. The van der Waals surface area contributed by atoms with Crippen LogP contribution in [-0.4, -0.2) is 11.5 Å². The zero-order valence-corrected chi connectivity index (χ0v) is 10.7. The molecule has 1 aliphatic heterocycles. The summed E-state index contributed by atoms with van der Waals surface area (Å²) in [7, 11) is 0. The number of nitrogens with zero attached hydrogens (tertiary/aromatic N) is 1. The Bertz CT molecular complexity index is 584. The fraction of sp³-hybridized carbons (Fsp3) is 0.333. The number of carbonyl (C=O) groups excluding carboxylic acids is 1. The van der Waals surface area contributed by atoms with E-state index < -0.39 is 0 Å². The monoisotopic (exact) mass is 240 g/mol. The van der Waals surface area contributed by atoms with E-state index in [9.17, 15) is 4.79 Å². The molecule has 0 bridgehead atoms. The van der Waals surface area contributed by atoms with Crippen molar-refractivity contribution >= 4 is 22.9 Å². The van der Waals surface area contributed by atoms with Crippen LogP contribution >= 0.6 is 0 Å². The smallest absolute Gasteiger partial charge is 0.166 e. The molecule has 1 fully saturated rings. The Morgan fingerprint density at radius 2 is 2.06 bits per heavy atom. The van der Waals surface area contributed by atoms with Crippen LogP contribution in [0.2, 0.25) is 0 Å². The van der Waals surface area contributed by atoms with Gasteiger partial charge in [-0.1, -0.05) is 19.1 Å². The molecule has 0 unspecified atom stereocenters. The van der Waals surface area contributed by atoms with E-state index >= 15 is 0 Å².